The van der Waals surface area contributed by atoms with E-state index in [9.17, 15) is 14.4 Å². The van der Waals surface area contributed by atoms with Crippen LogP contribution in [0.25, 0.3) is 33.6 Å². The summed E-state index contributed by atoms with van der Waals surface area (Å²) in [5.74, 6) is 2.41. The fourth-order valence-corrected chi connectivity index (χ4v) is 8.80. The van der Waals surface area contributed by atoms with Crippen LogP contribution in [0.1, 0.15) is 74.9 Å². The maximum atomic E-state index is 14.1. The number of likely N-dealkylation sites (N-methyl/N-ethyl adjacent to an activating group) is 1. The molecule has 2 aromatic heterocycles. The van der Waals surface area contributed by atoms with Crippen molar-refractivity contribution in [2.45, 2.75) is 63.7 Å². The molecule has 5 aromatic rings. The molecule has 4 atom stereocenters. The third kappa shape index (κ3) is 10.7. The van der Waals surface area contributed by atoms with Gasteiger partial charge in [0.2, 0.25) is 11.8 Å². The topological polar surface area (TPSA) is 176 Å². The van der Waals surface area contributed by atoms with E-state index in [1.807, 2.05) is 111 Å². The van der Waals surface area contributed by atoms with Gasteiger partial charge in [-0.1, -0.05) is 56.3 Å². The quantitative estimate of drug-likeness (QED) is 0.0716. The molecular formula is C49H62N8O8. The second kappa shape index (κ2) is 21.6. The van der Waals surface area contributed by atoms with Gasteiger partial charge in [0.1, 0.15) is 48.4 Å². The maximum Gasteiger partial charge on any atom is 0.407 e. The first-order valence-corrected chi connectivity index (χ1v) is 22.3. The minimum absolute atomic E-state index is 0.0564. The second-order valence-corrected chi connectivity index (χ2v) is 17.0. The Labute approximate surface area is 381 Å². The van der Waals surface area contributed by atoms with Gasteiger partial charge in [-0.2, -0.15) is 0 Å². The Morgan fingerprint density at radius 2 is 1.23 bits per heavy atom. The van der Waals surface area contributed by atoms with Gasteiger partial charge in [-0.3, -0.25) is 14.5 Å². The number of imidazole rings is 2. The van der Waals surface area contributed by atoms with E-state index >= 15 is 0 Å². The lowest BCUT2D eigenvalue weighted by Crippen LogP contribution is -2.51. The predicted octanol–water partition coefficient (Wildman–Crippen LogP) is 7.19. The first-order valence-electron chi connectivity index (χ1n) is 22.3. The number of aromatic nitrogens is 4. The zero-order valence-electron chi connectivity index (χ0n) is 38.5. The monoisotopic (exact) mass is 890 g/mol. The van der Waals surface area contributed by atoms with Crippen LogP contribution in [-0.4, -0.2) is 134 Å². The SMILES string of the molecule is COCCOc1cc(-c2cnc([C@@H]3CCCN3C(=O)[C@@H](NC(=O)OC)C(C)C)[nH]2)ccc1-c1ccc(-c2cnc([C@@H]3CCCN3C(=O)[C@@H](c3ccccc3)N(C)C)[nH]2)cc1OCCOC. The average molecular weight is 891 g/mol. The van der Waals surface area contributed by atoms with Crippen molar-refractivity contribution in [3.63, 3.8) is 0 Å². The number of hydrogen-bond acceptors (Lipinski definition) is 11. The number of carbonyl (C=O) groups is 3. The van der Waals surface area contributed by atoms with Gasteiger partial charge in [-0.15, -0.1) is 0 Å². The van der Waals surface area contributed by atoms with Crippen LogP contribution in [0.5, 0.6) is 11.5 Å². The maximum absolute atomic E-state index is 14.1. The minimum Gasteiger partial charge on any atom is -0.491 e. The normalized spacial score (nSPS) is 17.1. The Morgan fingerprint density at radius 1 is 0.723 bits per heavy atom. The van der Waals surface area contributed by atoms with Crippen LogP contribution in [-0.2, 0) is 23.8 Å². The number of carbonyl (C=O) groups excluding carboxylic acids is 3. The van der Waals surface area contributed by atoms with Crippen LogP contribution in [0.15, 0.2) is 79.1 Å². The zero-order chi connectivity index (χ0) is 46.0. The smallest absolute Gasteiger partial charge is 0.407 e. The lowest BCUT2D eigenvalue weighted by Gasteiger charge is -2.31. The highest BCUT2D eigenvalue weighted by Gasteiger charge is 2.39. The van der Waals surface area contributed by atoms with Crippen LogP contribution in [0.4, 0.5) is 4.79 Å². The number of ether oxygens (including phenoxy) is 5. The van der Waals surface area contributed by atoms with Gasteiger partial charge in [0, 0.05) is 49.6 Å². The molecule has 0 bridgehead atoms. The van der Waals surface area contributed by atoms with Crippen molar-refractivity contribution in [1.29, 1.82) is 0 Å². The van der Waals surface area contributed by atoms with E-state index in [2.05, 4.69) is 15.3 Å². The average Bonchev–Trinajstić information content (AvgIpc) is 4.16. The summed E-state index contributed by atoms with van der Waals surface area (Å²) < 4.78 is 28.3. The first-order chi connectivity index (χ1) is 31.5. The summed E-state index contributed by atoms with van der Waals surface area (Å²) in [5, 5.41) is 2.71. The Kier molecular flexibility index (Phi) is 15.6. The van der Waals surface area contributed by atoms with Crippen molar-refractivity contribution in [1.82, 2.24) is 40.0 Å². The van der Waals surface area contributed by atoms with Gasteiger partial charge in [0.05, 0.1) is 56.2 Å². The number of rotatable bonds is 19. The van der Waals surface area contributed by atoms with Crippen LogP contribution in [0.2, 0.25) is 0 Å². The molecule has 65 heavy (non-hydrogen) atoms. The van der Waals surface area contributed by atoms with E-state index in [1.165, 1.54) is 7.11 Å². The summed E-state index contributed by atoms with van der Waals surface area (Å²) in [5.41, 5.74) is 5.86. The number of benzene rings is 3. The fourth-order valence-electron chi connectivity index (χ4n) is 8.80. The summed E-state index contributed by atoms with van der Waals surface area (Å²) in [7, 11) is 8.43. The summed E-state index contributed by atoms with van der Waals surface area (Å²) in [4.78, 5) is 62.3. The third-order valence-electron chi connectivity index (χ3n) is 12.1. The van der Waals surface area contributed by atoms with Crippen LogP contribution in [0.3, 0.4) is 0 Å². The summed E-state index contributed by atoms with van der Waals surface area (Å²) in [6.45, 7) is 6.42. The van der Waals surface area contributed by atoms with Crippen molar-refractivity contribution >= 4 is 17.9 Å². The van der Waals surface area contributed by atoms with Crippen molar-refractivity contribution in [2.24, 2.45) is 5.92 Å². The Hall–Kier alpha value is -6.23. The van der Waals surface area contributed by atoms with E-state index in [4.69, 9.17) is 33.7 Å². The lowest BCUT2D eigenvalue weighted by atomic mass is 9.98. The molecule has 3 N–H and O–H groups in total. The van der Waals surface area contributed by atoms with Gasteiger partial charge in [0.25, 0.3) is 0 Å². The van der Waals surface area contributed by atoms with Gasteiger partial charge >= 0.3 is 6.09 Å². The van der Waals surface area contributed by atoms with E-state index in [0.717, 1.165) is 70.7 Å². The molecule has 0 aliphatic carbocycles. The lowest BCUT2D eigenvalue weighted by molar-refractivity contribution is -0.137. The van der Waals surface area contributed by atoms with Gasteiger partial charge in [-0.05, 0) is 75.5 Å². The fraction of sp³-hybridized carbons (Fsp3) is 0.449. The zero-order valence-corrected chi connectivity index (χ0v) is 38.5. The standard InChI is InChI=1S/C49H62N8O8/c1-31(2)43(54-49(60)63-7)47(58)56-21-11-15-39(56)45-50-29-37(52-45)33-17-19-35(41(27-33)64-25-23-61-5)36-20-18-34(28-42(36)65-26-24-62-6)38-30-51-46(53-38)40-16-12-22-57(40)48(59)44(55(3)4)32-13-9-8-10-14-32/h8-10,13-14,17-20,27-31,39-40,43-44H,11-12,15-16,21-26H2,1-7H3,(H,50,52)(H,51,53)(H,54,60)/t39-,40-,43-,44+/m0/s1. The van der Waals surface area contributed by atoms with Crippen molar-refractivity contribution in [2.75, 3.05) is 74.9 Å². The first kappa shape index (κ1) is 46.8. The molecule has 346 valence electrons. The molecule has 16 heteroatoms. The molecule has 2 aliphatic heterocycles. The number of nitrogens with zero attached hydrogens (tertiary/aromatic N) is 5. The summed E-state index contributed by atoms with van der Waals surface area (Å²) in [6, 6.07) is 20.3. The second-order valence-electron chi connectivity index (χ2n) is 17.0. The molecule has 7 rings (SSSR count). The van der Waals surface area contributed by atoms with E-state index in [0.29, 0.717) is 56.8 Å². The Bertz CT molecular complexity index is 2380. The van der Waals surface area contributed by atoms with Gasteiger partial charge < -0.3 is 48.8 Å². The molecule has 3 amide bonds. The Balaban J connectivity index is 1.16. The van der Waals surface area contributed by atoms with Gasteiger partial charge in [0.15, 0.2) is 0 Å². The van der Waals surface area contributed by atoms with Crippen LogP contribution < -0.4 is 14.8 Å². The van der Waals surface area contributed by atoms with Crippen molar-refractivity contribution in [3.8, 4) is 45.1 Å². The van der Waals surface area contributed by atoms with Crippen molar-refractivity contribution in [3.05, 3.63) is 96.3 Å². The summed E-state index contributed by atoms with van der Waals surface area (Å²) >= 11 is 0. The molecule has 0 saturated carbocycles. The molecule has 0 radical (unpaired) electrons. The Morgan fingerprint density at radius 3 is 1.69 bits per heavy atom. The number of methoxy groups -OCH3 is 3. The molecule has 0 spiro atoms. The highest BCUT2D eigenvalue weighted by molar-refractivity contribution is 5.87. The molecular weight excluding hydrogens is 829 g/mol. The molecule has 0 unspecified atom stereocenters. The van der Waals surface area contributed by atoms with Crippen LogP contribution in [0, 0.1) is 5.92 Å². The summed E-state index contributed by atoms with van der Waals surface area (Å²) in [6.07, 6.45) is 6.19. The largest absolute Gasteiger partial charge is 0.491 e. The molecule has 2 fully saturated rings. The number of H-pyrrole nitrogens is 2. The van der Waals surface area contributed by atoms with E-state index < -0.39 is 18.2 Å². The minimum atomic E-state index is -0.729. The molecule has 3 aromatic carbocycles. The number of alkyl carbamates (subject to hydrolysis) is 1. The number of aromatic amines is 2. The number of likely N-dealkylation sites (tertiary alicyclic amines) is 2. The van der Waals surface area contributed by atoms with Crippen LogP contribution >= 0.6 is 0 Å². The molecule has 4 heterocycles. The third-order valence-corrected chi connectivity index (χ3v) is 12.1. The predicted molar refractivity (Wildman–Crippen MR) is 246 cm³/mol. The van der Waals surface area contributed by atoms with E-state index in [-0.39, 0.29) is 29.8 Å². The van der Waals surface area contributed by atoms with Crippen molar-refractivity contribution < 1.29 is 38.1 Å². The van der Waals surface area contributed by atoms with Gasteiger partial charge in [-0.25, -0.2) is 14.8 Å². The number of hydrogen-bond donors (Lipinski definition) is 3. The molecule has 2 aliphatic rings. The van der Waals surface area contributed by atoms with E-state index in [1.54, 1.807) is 25.3 Å². The molecule has 2 saturated heterocycles. The highest BCUT2D eigenvalue weighted by atomic mass is 16.5. The highest BCUT2D eigenvalue weighted by Crippen LogP contribution is 2.42. The number of amides is 3. The number of nitrogens with one attached hydrogen (secondary N) is 3. The molecule has 16 nitrogen and oxygen atoms in total.